The number of nitrogen functional groups attached to an aromatic ring is 1. The molecule has 17 heavy (non-hydrogen) atoms. The summed E-state index contributed by atoms with van der Waals surface area (Å²) in [5.74, 6) is -0.643. The lowest BCUT2D eigenvalue weighted by Gasteiger charge is -2.02. The SMILES string of the molecule is CCC(=O)c1sc(NC2CC2)c(C(N)=O)c1N. The van der Waals surface area contributed by atoms with Crippen molar-refractivity contribution in [3.05, 3.63) is 10.4 Å². The highest BCUT2D eigenvalue weighted by Crippen LogP contribution is 2.38. The van der Waals surface area contributed by atoms with E-state index in [1.807, 2.05) is 0 Å². The van der Waals surface area contributed by atoms with Crippen LogP contribution in [0.4, 0.5) is 10.7 Å². The predicted molar refractivity (Wildman–Crippen MR) is 68.5 cm³/mol. The van der Waals surface area contributed by atoms with Crippen LogP contribution < -0.4 is 16.8 Å². The summed E-state index contributed by atoms with van der Waals surface area (Å²) in [6.07, 6.45) is 2.52. The Morgan fingerprint density at radius 3 is 2.59 bits per heavy atom. The zero-order valence-electron chi connectivity index (χ0n) is 9.58. The molecule has 1 aromatic heterocycles. The van der Waals surface area contributed by atoms with Gasteiger partial charge in [0.1, 0.15) is 5.00 Å². The molecule has 0 spiro atoms. The summed E-state index contributed by atoms with van der Waals surface area (Å²) < 4.78 is 0. The molecule has 0 aromatic carbocycles. The summed E-state index contributed by atoms with van der Waals surface area (Å²) in [6, 6.07) is 0.385. The third kappa shape index (κ3) is 2.26. The van der Waals surface area contributed by atoms with Gasteiger partial charge in [0.2, 0.25) is 0 Å². The Hall–Kier alpha value is -1.56. The van der Waals surface area contributed by atoms with Crippen LogP contribution in [-0.4, -0.2) is 17.7 Å². The van der Waals surface area contributed by atoms with Crippen LogP contribution >= 0.6 is 11.3 Å². The van der Waals surface area contributed by atoms with Gasteiger partial charge in [-0.05, 0) is 12.8 Å². The van der Waals surface area contributed by atoms with Crippen LogP contribution in [0.5, 0.6) is 0 Å². The molecule has 5 nitrogen and oxygen atoms in total. The molecule has 0 unspecified atom stereocenters. The van der Waals surface area contributed by atoms with Crippen molar-refractivity contribution in [3.8, 4) is 0 Å². The zero-order chi connectivity index (χ0) is 12.6. The van der Waals surface area contributed by atoms with Crippen molar-refractivity contribution in [1.29, 1.82) is 0 Å². The number of primary amides is 1. The van der Waals surface area contributed by atoms with Gasteiger partial charge >= 0.3 is 0 Å². The summed E-state index contributed by atoms with van der Waals surface area (Å²) in [5, 5.41) is 3.83. The van der Waals surface area contributed by atoms with E-state index in [2.05, 4.69) is 5.32 Å². The van der Waals surface area contributed by atoms with Gasteiger partial charge in [-0.3, -0.25) is 9.59 Å². The molecule has 0 atom stereocenters. The number of hydrogen-bond acceptors (Lipinski definition) is 5. The van der Waals surface area contributed by atoms with Gasteiger partial charge in [-0.15, -0.1) is 11.3 Å². The van der Waals surface area contributed by atoms with Gasteiger partial charge in [0.15, 0.2) is 5.78 Å². The van der Waals surface area contributed by atoms with E-state index in [1.165, 1.54) is 11.3 Å². The quantitative estimate of drug-likeness (QED) is 0.694. The molecule has 0 radical (unpaired) electrons. The number of thiophene rings is 1. The first-order valence-electron chi connectivity index (χ1n) is 5.56. The van der Waals surface area contributed by atoms with Crippen LogP contribution in [0.15, 0.2) is 0 Å². The van der Waals surface area contributed by atoms with Gasteiger partial charge in [0, 0.05) is 12.5 Å². The number of ketones is 1. The lowest BCUT2D eigenvalue weighted by Crippen LogP contribution is -2.15. The van der Waals surface area contributed by atoms with Crippen molar-refractivity contribution in [2.75, 3.05) is 11.1 Å². The van der Waals surface area contributed by atoms with E-state index in [0.717, 1.165) is 12.8 Å². The van der Waals surface area contributed by atoms with Crippen molar-refractivity contribution in [2.45, 2.75) is 32.2 Å². The summed E-state index contributed by atoms with van der Waals surface area (Å²) in [6.45, 7) is 1.76. The number of nitrogens with one attached hydrogen (secondary N) is 1. The van der Waals surface area contributed by atoms with Crippen LogP contribution in [-0.2, 0) is 0 Å². The van der Waals surface area contributed by atoms with E-state index in [9.17, 15) is 9.59 Å². The Bertz CT molecular complexity index is 477. The molecule has 1 fully saturated rings. The summed E-state index contributed by atoms with van der Waals surface area (Å²) in [7, 11) is 0. The highest BCUT2D eigenvalue weighted by atomic mass is 32.1. The summed E-state index contributed by atoms with van der Waals surface area (Å²) in [4.78, 5) is 23.5. The van der Waals surface area contributed by atoms with Crippen molar-refractivity contribution >= 4 is 33.7 Å². The number of anilines is 2. The van der Waals surface area contributed by atoms with Crippen LogP contribution in [0, 0.1) is 0 Å². The first-order valence-corrected chi connectivity index (χ1v) is 6.38. The molecule has 0 saturated heterocycles. The third-order valence-electron chi connectivity index (χ3n) is 2.68. The summed E-state index contributed by atoms with van der Waals surface area (Å²) in [5.41, 5.74) is 11.6. The normalized spacial score (nSPS) is 14.6. The number of hydrogen-bond donors (Lipinski definition) is 3. The van der Waals surface area contributed by atoms with Gasteiger partial charge in [0.25, 0.3) is 5.91 Å². The minimum absolute atomic E-state index is 0.0566. The van der Waals surface area contributed by atoms with E-state index in [-0.39, 0.29) is 17.0 Å². The van der Waals surface area contributed by atoms with Gasteiger partial charge in [0.05, 0.1) is 16.1 Å². The molecule has 1 heterocycles. The van der Waals surface area contributed by atoms with Crippen molar-refractivity contribution < 1.29 is 9.59 Å². The molecular weight excluding hydrogens is 238 g/mol. The monoisotopic (exact) mass is 253 g/mol. The van der Waals surface area contributed by atoms with Crippen LogP contribution in [0.1, 0.15) is 46.2 Å². The Balaban J connectivity index is 2.41. The number of nitrogens with two attached hydrogens (primary N) is 2. The van der Waals surface area contributed by atoms with Crippen molar-refractivity contribution in [2.24, 2.45) is 5.73 Å². The van der Waals surface area contributed by atoms with E-state index in [1.54, 1.807) is 6.92 Å². The molecule has 2 rings (SSSR count). The highest BCUT2D eigenvalue weighted by Gasteiger charge is 2.28. The average molecular weight is 253 g/mol. The first-order chi connectivity index (χ1) is 8.04. The smallest absolute Gasteiger partial charge is 0.253 e. The third-order valence-corrected chi connectivity index (χ3v) is 3.86. The van der Waals surface area contributed by atoms with Crippen LogP contribution in [0.2, 0.25) is 0 Å². The Labute approximate surface area is 103 Å². The highest BCUT2D eigenvalue weighted by molar-refractivity contribution is 7.19. The number of carbonyl (C=O) groups is 2. The first kappa shape index (κ1) is 11.9. The Kier molecular flexibility index (Phi) is 3.06. The molecule has 1 aliphatic carbocycles. The molecule has 0 bridgehead atoms. The zero-order valence-corrected chi connectivity index (χ0v) is 10.4. The van der Waals surface area contributed by atoms with Crippen molar-refractivity contribution in [1.82, 2.24) is 0 Å². The fourth-order valence-electron chi connectivity index (χ4n) is 1.57. The van der Waals surface area contributed by atoms with Gasteiger partial charge in [-0.25, -0.2) is 0 Å². The maximum atomic E-state index is 11.7. The van der Waals surface area contributed by atoms with Crippen LogP contribution in [0.25, 0.3) is 0 Å². The minimum Gasteiger partial charge on any atom is -0.397 e. The van der Waals surface area contributed by atoms with Gasteiger partial charge in [-0.1, -0.05) is 6.92 Å². The largest absolute Gasteiger partial charge is 0.397 e. The standard InChI is InChI=1S/C11H15N3O2S/c1-2-6(15)9-8(12)7(10(13)16)11(17-9)14-5-3-4-5/h5,14H,2-4,12H2,1H3,(H2,13,16). The van der Waals surface area contributed by atoms with Gasteiger partial charge in [-0.2, -0.15) is 0 Å². The number of Topliss-reactive ketones (excluding diaryl/α,β-unsaturated/α-hetero) is 1. The maximum Gasteiger partial charge on any atom is 0.253 e. The number of rotatable bonds is 5. The lowest BCUT2D eigenvalue weighted by molar-refractivity contribution is 0.0991. The van der Waals surface area contributed by atoms with E-state index >= 15 is 0 Å². The topological polar surface area (TPSA) is 98.2 Å². The minimum atomic E-state index is -0.586. The average Bonchev–Trinajstić information content (AvgIpc) is 3.01. The van der Waals surface area contributed by atoms with Crippen molar-refractivity contribution in [3.63, 3.8) is 0 Å². The van der Waals surface area contributed by atoms with Gasteiger partial charge < -0.3 is 16.8 Å². The molecule has 6 heteroatoms. The summed E-state index contributed by atoms with van der Waals surface area (Å²) >= 11 is 1.23. The Morgan fingerprint density at radius 1 is 1.47 bits per heavy atom. The van der Waals surface area contributed by atoms with E-state index < -0.39 is 5.91 Å². The predicted octanol–water partition coefficient (Wildman–Crippen LogP) is 1.60. The second-order valence-corrected chi connectivity index (χ2v) is 5.13. The molecule has 1 aliphatic rings. The second kappa shape index (κ2) is 4.37. The second-order valence-electron chi connectivity index (χ2n) is 4.11. The lowest BCUT2D eigenvalue weighted by atomic mass is 10.1. The number of amides is 1. The molecule has 92 valence electrons. The van der Waals surface area contributed by atoms with Crippen LogP contribution in [0.3, 0.4) is 0 Å². The maximum absolute atomic E-state index is 11.7. The van der Waals surface area contributed by atoms with E-state index in [0.29, 0.717) is 22.3 Å². The molecule has 5 N–H and O–H groups in total. The number of carbonyl (C=O) groups excluding carboxylic acids is 2. The Morgan fingerprint density at radius 2 is 2.12 bits per heavy atom. The molecule has 1 saturated carbocycles. The van der Waals surface area contributed by atoms with E-state index in [4.69, 9.17) is 11.5 Å². The molecular formula is C11H15N3O2S. The molecule has 0 aliphatic heterocycles. The molecule has 1 amide bonds. The fourth-order valence-corrected chi connectivity index (χ4v) is 2.78. The molecule has 1 aromatic rings. The fraction of sp³-hybridized carbons (Fsp3) is 0.455.